The zero-order valence-corrected chi connectivity index (χ0v) is 16.6. The molecule has 3 heterocycles. The number of thiophene rings is 1. The van der Waals surface area contributed by atoms with Crippen LogP contribution in [0.5, 0.6) is 0 Å². The standard InChI is InChI=1S/C19H14Cl2N4OS/c1-11-22-6-4-15(24-11)17-9-16-18(27-17)19(26)25(10-23-16)7-5-12-2-3-13(20)8-14(12)21/h2-4,6,8-10H,5,7H2,1H3. The highest BCUT2D eigenvalue weighted by Gasteiger charge is 2.12. The molecule has 136 valence electrons. The maximum absolute atomic E-state index is 12.8. The van der Waals surface area contributed by atoms with Gasteiger partial charge in [-0.3, -0.25) is 9.36 Å². The summed E-state index contributed by atoms with van der Waals surface area (Å²) in [6, 6.07) is 9.10. The summed E-state index contributed by atoms with van der Waals surface area (Å²) < 4.78 is 2.23. The Morgan fingerprint density at radius 1 is 1.15 bits per heavy atom. The van der Waals surface area contributed by atoms with Crippen LogP contribution < -0.4 is 5.56 Å². The predicted octanol–water partition coefficient (Wildman–Crippen LogP) is 4.77. The highest BCUT2D eigenvalue weighted by Crippen LogP contribution is 2.29. The first kappa shape index (κ1) is 18.1. The second kappa shape index (κ2) is 7.38. The third-order valence-corrected chi connectivity index (χ3v) is 5.89. The fraction of sp³-hybridized carbons (Fsp3) is 0.158. The van der Waals surface area contributed by atoms with Crippen molar-refractivity contribution in [2.24, 2.45) is 0 Å². The van der Waals surface area contributed by atoms with E-state index in [2.05, 4.69) is 15.0 Å². The minimum atomic E-state index is -0.0629. The Hall–Kier alpha value is -2.28. The number of rotatable bonds is 4. The average Bonchev–Trinajstić information content (AvgIpc) is 3.08. The maximum Gasteiger partial charge on any atom is 0.271 e. The molecule has 0 amide bonds. The summed E-state index contributed by atoms with van der Waals surface area (Å²) in [5.74, 6) is 0.690. The second-order valence-electron chi connectivity index (χ2n) is 6.04. The van der Waals surface area contributed by atoms with Crippen molar-refractivity contribution in [1.29, 1.82) is 0 Å². The van der Waals surface area contributed by atoms with Crippen LogP contribution >= 0.6 is 34.5 Å². The summed E-state index contributed by atoms with van der Waals surface area (Å²) in [5.41, 5.74) is 2.35. The van der Waals surface area contributed by atoms with E-state index < -0.39 is 0 Å². The molecule has 3 aromatic heterocycles. The van der Waals surface area contributed by atoms with Gasteiger partial charge in [-0.2, -0.15) is 0 Å². The van der Waals surface area contributed by atoms with Gasteiger partial charge in [-0.1, -0.05) is 29.3 Å². The average molecular weight is 417 g/mol. The molecule has 0 saturated carbocycles. The van der Waals surface area contributed by atoms with Crippen LogP contribution in [0.3, 0.4) is 0 Å². The van der Waals surface area contributed by atoms with E-state index in [1.807, 2.05) is 25.1 Å². The minimum absolute atomic E-state index is 0.0629. The molecule has 0 unspecified atom stereocenters. The molecule has 8 heteroatoms. The number of hydrogen-bond donors (Lipinski definition) is 0. The molecular weight excluding hydrogens is 403 g/mol. The first-order chi connectivity index (χ1) is 13.0. The molecule has 0 fully saturated rings. The molecule has 0 radical (unpaired) electrons. The van der Waals surface area contributed by atoms with Crippen molar-refractivity contribution in [3.8, 4) is 10.6 Å². The van der Waals surface area contributed by atoms with Gasteiger partial charge < -0.3 is 0 Å². The lowest BCUT2D eigenvalue weighted by Gasteiger charge is -2.07. The molecule has 5 nitrogen and oxygen atoms in total. The van der Waals surface area contributed by atoms with Crippen molar-refractivity contribution in [2.45, 2.75) is 19.9 Å². The zero-order chi connectivity index (χ0) is 19.0. The molecule has 1 aromatic carbocycles. The number of fused-ring (bicyclic) bond motifs is 1. The maximum atomic E-state index is 12.8. The third kappa shape index (κ3) is 3.74. The number of aryl methyl sites for hydroxylation is 3. The highest BCUT2D eigenvalue weighted by atomic mass is 35.5. The predicted molar refractivity (Wildman–Crippen MR) is 110 cm³/mol. The summed E-state index contributed by atoms with van der Waals surface area (Å²) in [5, 5.41) is 1.19. The Balaban J connectivity index is 1.65. The quantitative estimate of drug-likeness (QED) is 0.480. The molecule has 0 spiro atoms. The number of benzene rings is 1. The van der Waals surface area contributed by atoms with E-state index in [1.54, 1.807) is 29.2 Å². The molecule has 0 bridgehead atoms. The Kier molecular flexibility index (Phi) is 4.95. The van der Waals surface area contributed by atoms with Gasteiger partial charge >= 0.3 is 0 Å². The van der Waals surface area contributed by atoms with Crippen LogP contribution in [0, 0.1) is 6.92 Å². The fourth-order valence-corrected chi connectivity index (χ4v) is 4.32. The molecule has 0 aliphatic heterocycles. The number of hydrogen-bond acceptors (Lipinski definition) is 5. The topological polar surface area (TPSA) is 60.7 Å². The molecule has 0 aliphatic rings. The highest BCUT2D eigenvalue weighted by molar-refractivity contribution is 7.22. The fourth-order valence-electron chi connectivity index (χ4n) is 2.79. The van der Waals surface area contributed by atoms with E-state index in [0.29, 0.717) is 39.1 Å². The van der Waals surface area contributed by atoms with E-state index in [-0.39, 0.29) is 5.56 Å². The third-order valence-electron chi connectivity index (χ3n) is 4.17. The van der Waals surface area contributed by atoms with E-state index >= 15 is 0 Å². The van der Waals surface area contributed by atoms with Crippen molar-refractivity contribution in [2.75, 3.05) is 0 Å². The summed E-state index contributed by atoms with van der Waals surface area (Å²) in [6.45, 7) is 2.33. The lowest BCUT2D eigenvalue weighted by atomic mass is 10.1. The van der Waals surface area contributed by atoms with Gasteiger partial charge in [0.2, 0.25) is 0 Å². The van der Waals surface area contributed by atoms with Crippen LogP contribution in [0.15, 0.2) is 47.7 Å². The molecule has 27 heavy (non-hydrogen) atoms. The second-order valence-corrected chi connectivity index (χ2v) is 7.94. The van der Waals surface area contributed by atoms with Crippen molar-refractivity contribution in [1.82, 2.24) is 19.5 Å². The summed E-state index contributed by atoms with van der Waals surface area (Å²) in [7, 11) is 0. The minimum Gasteiger partial charge on any atom is -0.298 e. The zero-order valence-electron chi connectivity index (χ0n) is 14.3. The molecule has 0 N–H and O–H groups in total. The smallest absolute Gasteiger partial charge is 0.271 e. The van der Waals surface area contributed by atoms with Crippen molar-refractivity contribution < 1.29 is 0 Å². The molecule has 0 saturated heterocycles. The summed E-state index contributed by atoms with van der Waals surface area (Å²) in [6.07, 6.45) is 3.91. The van der Waals surface area contributed by atoms with Gasteiger partial charge in [0, 0.05) is 22.8 Å². The normalized spacial score (nSPS) is 11.2. The monoisotopic (exact) mass is 416 g/mol. The summed E-state index contributed by atoms with van der Waals surface area (Å²) in [4.78, 5) is 26.7. The van der Waals surface area contributed by atoms with Gasteiger partial charge in [0.25, 0.3) is 5.56 Å². The lowest BCUT2D eigenvalue weighted by molar-refractivity contribution is 0.663. The first-order valence-corrected chi connectivity index (χ1v) is 9.81. The van der Waals surface area contributed by atoms with Gasteiger partial charge in [-0.05, 0) is 43.2 Å². The van der Waals surface area contributed by atoms with Crippen LogP contribution in [0.2, 0.25) is 10.0 Å². The van der Waals surface area contributed by atoms with Crippen molar-refractivity contribution in [3.05, 3.63) is 74.6 Å². The van der Waals surface area contributed by atoms with Gasteiger partial charge in [-0.25, -0.2) is 15.0 Å². The lowest BCUT2D eigenvalue weighted by Crippen LogP contribution is -2.20. The number of nitrogens with zero attached hydrogens (tertiary/aromatic N) is 4. The molecule has 4 aromatic rings. The van der Waals surface area contributed by atoms with E-state index in [4.69, 9.17) is 23.2 Å². The van der Waals surface area contributed by atoms with Crippen LogP contribution in [0.25, 0.3) is 20.8 Å². The summed E-state index contributed by atoms with van der Waals surface area (Å²) >= 11 is 13.5. The SMILES string of the molecule is Cc1nccc(-c2cc3ncn(CCc4ccc(Cl)cc4Cl)c(=O)c3s2)n1. The molecule has 0 aliphatic carbocycles. The first-order valence-electron chi connectivity index (χ1n) is 8.24. The van der Waals surface area contributed by atoms with E-state index in [1.165, 1.54) is 11.3 Å². The Morgan fingerprint density at radius 3 is 2.78 bits per heavy atom. The van der Waals surface area contributed by atoms with Gasteiger partial charge in [-0.15, -0.1) is 11.3 Å². The largest absolute Gasteiger partial charge is 0.298 e. The van der Waals surface area contributed by atoms with Crippen LogP contribution in [-0.2, 0) is 13.0 Å². The molecule has 0 atom stereocenters. The van der Waals surface area contributed by atoms with E-state index in [0.717, 1.165) is 16.1 Å². The Bertz CT molecular complexity index is 1200. The molecular formula is C19H14Cl2N4OS. The van der Waals surface area contributed by atoms with Crippen molar-refractivity contribution in [3.63, 3.8) is 0 Å². The van der Waals surface area contributed by atoms with Gasteiger partial charge in [0.1, 0.15) is 10.5 Å². The number of halogens is 2. The van der Waals surface area contributed by atoms with Gasteiger partial charge in [0.15, 0.2) is 0 Å². The van der Waals surface area contributed by atoms with Crippen LogP contribution in [-0.4, -0.2) is 19.5 Å². The van der Waals surface area contributed by atoms with E-state index in [9.17, 15) is 4.79 Å². The Labute approximate surface area is 169 Å². The van der Waals surface area contributed by atoms with Crippen LogP contribution in [0.1, 0.15) is 11.4 Å². The van der Waals surface area contributed by atoms with Gasteiger partial charge in [0.05, 0.1) is 22.4 Å². The number of aromatic nitrogens is 4. The Morgan fingerprint density at radius 2 is 2.00 bits per heavy atom. The van der Waals surface area contributed by atoms with Crippen molar-refractivity contribution >= 4 is 44.8 Å². The van der Waals surface area contributed by atoms with Crippen LogP contribution in [0.4, 0.5) is 0 Å². The molecule has 4 rings (SSSR count).